The highest BCUT2D eigenvalue weighted by atomic mass is 32.2. The van der Waals surface area contributed by atoms with Crippen LogP contribution in [0.5, 0.6) is 11.5 Å². The number of aliphatic carboxylic acids is 1. The Morgan fingerprint density at radius 3 is 2.81 bits per heavy atom. The van der Waals surface area contributed by atoms with Crippen LogP contribution in [0.15, 0.2) is 35.2 Å². The Morgan fingerprint density at radius 2 is 2.05 bits per heavy atom. The Morgan fingerprint density at radius 1 is 1.29 bits per heavy atom. The summed E-state index contributed by atoms with van der Waals surface area (Å²) in [5.74, 6) is -1.01. The molecule has 1 N–H and O–H groups in total. The predicted molar refractivity (Wildman–Crippen MR) is 71.6 cm³/mol. The maximum Gasteiger partial charge on any atom is 0.311 e. The van der Waals surface area contributed by atoms with Gasteiger partial charge < -0.3 is 14.6 Å². The minimum atomic E-state index is -3.77. The number of sulfonamides is 1. The van der Waals surface area contributed by atoms with Crippen LogP contribution in [0.4, 0.5) is 0 Å². The normalized spacial score (nSPS) is 21.4. The van der Waals surface area contributed by atoms with E-state index in [1.807, 2.05) is 0 Å². The van der Waals surface area contributed by atoms with E-state index < -0.39 is 21.9 Å². The largest absolute Gasteiger partial charge is 0.481 e. The van der Waals surface area contributed by atoms with Gasteiger partial charge >= 0.3 is 5.97 Å². The quantitative estimate of drug-likeness (QED) is 0.825. The van der Waals surface area contributed by atoms with E-state index in [9.17, 15) is 13.2 Å². The number of hydrogen-bond donors (Lipinski definition) is 1. The van der Waals surface area contributed by atoms with Crippen LogP contribution in [0.25, 0.3) is 0 Å². The van der Waals surface area contributed by atoms with Crippen molar-refractivity contribution < 1.29 is 27.8 Å². The van der Waals surface area contributed by atoms with Crippen molar-refractivity contribution in [3.05, 3.63) is 30.4 Å². The molecule has 0 bridgehead atoms. The van der Waals surface area contributed by atoms with Crippen LogP contribution < -0.4 is 9.47 Å². The monoisotopic (exact) mass is 311 g/mol. The number of hydrogen-bond acceptors (Lipinski definition) is 5. The third-order valence-electron chi connectivity index (χ3n) is 3.38. The van der Waals surface area contributed by atoms with E-state index in [0.29, 0.717) is 11.5 Å². The highest BCUT2D eigenvalue weighted by Crippen LogP contribution is 2.34. The summed E-state index contributed by atoms with van der Waals surface area (Å²) in [5.41, 5.74) is 0. The van der Waals surface area contributed by atoms with Gasteiger partial charge in [0.1, 0.15) is 0 Å². The molecule has 21 heavy (non-hydrogen) atoms. The number of carboxylic acid groups (broad SMARTS) is 1. The van der Waals surface area contributed by atoms with Gasteiger partial charge in [0.05, 0.1) is 10.8 Å². The first-order chi connectivity index (χ1) is 9.98. The topological polar surface area (TPSA) is 93.1 Å². The molecule has 0 aliphatic carbocycles. The van der Waals surface area contributed by atoms with Gasteiger partial charge in [-0.1, -0.05) is 12.2 Å². The second-order valence-electron chi connectivity index (χ2n) is 4.71. The van der Waals surface area contributed by atoms with E-state index in [1.165, 1.54) is 24.3 Å². The van der Waals surface area contributed by atoms with Crippen molar-refractivity contribution in [3.8, 4) is 11.5 Å². The standard InChI is InChI=1S/C13H13NO6S/c15-13(16)9-2-1-5-14(7-9)21(17,18)10-3-4-11-12(6-10)20-8-19-11/h1-4,6,9H,5,7-8H2,(H,15,16). The number of ether oxygens (including phenoxy) is 2. The Kier molecular flexibility index (Phi) is 3.34. The third-order valence-corrected chi connectivity index (χ3v) is 5.20. The summed E-state index contributed by atoms with van der Waals surface area (Å²) < 4.78 is 36.6. The van der Waals surface area contributed by atoms with Gasteiger partial charge in [-0.25, -0.2) is 8.42 Å². The lowest BCUT2D eigenvalue weighted by atomic mass is 10.1. The molecule has 8 heteroatoms. The van der Waals surface area contributed by atoms with Crippen molar-refractivity contribution in [2.75, 3.05) is 19.9 Å². The van der Waals surface area contributed by atoms with E-state index in [-0.39, 0.29) is 24.8 Å². The average Bonchev–Trinajstić information content (AvgIpc) is 2.94. The van der Waals surface area contributed by atoms with Crippen molar-refractivity contribution in [1.82, 2.24) is 4.31 Å². The number of carbonyl (C=O) groups is 1. The molecule has 2 heterocycles. The van der Waals surface area contributed by atoms with Crippen molar-refractivity contribution in [3.63, 3.8) is 0 Å². The Balaban J connectivity index is 1.90. The lowest BCUT2D eigenvalue weighted by Crippen LogP contribution is -2.39. The van der Waals surface area contributed by atoms with Gasteiger partial charge in [-0.15, -0.1) is 0 Å². The molecule has 7 nitrogen and oxygen atoms in total. The first-order valence-corrected chi connectivity index (χ1v) is 7.72. The van der Waals surface area contributed by atoms with Gasteiger partial charge in [0, 0.05) is 19.2 Å². The number of benzene rings is 1. The first kappa shape index (κ1) is 13.9. The molecule has 1 atom stereocenters. The maximum atomic E-state index is 12.6. The molecule has 2 aliphatic heterocycles. The number of carboxylic acids is 1. The van der Waals surface area contributed by atoms with Crippen LogP contribution in [0.3, 0.4) is 0 Å². The van der Waals surface area contributed by atoms with E-state index in [2.05, 4.69) is 0 Å². The Labute approximate surface area is 121 Å². The fourth-order valence-electron chi connectivity index (χ4n) is 2.24. The summed E-state index contributed by atoms with van der Waals surface area (Å²) >= 11 is 0. The second-order valence-corrected chi connectivity index (χ2v) is 6.65. The summed E-state index contributed by atoms with van der Waals surface area (Å²) in [6.45, 7) is 0.134. The third kappa shape index (κ3) is 2.47. The molecule has 1 aromatic rings. The average molecular weight is 311 g/mol. The van der Waals surface area contributed by atoms with Crippen LogP contribution in [-0.2, 0) is 14.8 Å². The molecule has 3 rings (SSSR count). The lowest BCUT2D eigenvalue weighted by Gasteiger charge is -2.26. The fraction of sp³-hybridized carbons (Fsp3) is 0.308. The zero-order valence-corrected chi connectivity index (χ0v) is 11.7. The van der Waals surface area contributed by atoms with Crippen LogP contribution in [0.1, 0.15) is 0 Å². The molecular weight excluding hydrogens is 298 g/mol. The van der Waals surface area contributed by atoms with E-state index in [1.54, 1.807) is 6.08 Å². The zero-order chi connectivity index (χ0) is 15.0. The lowest BCUT2D eigenvalue weighted by molar-refractivity contribution is -0.140. The van der Waals surface area contributed by atoms with Gasteiger partial charge in [0.2, 0.25) is 16.8 Å². The molecule has 0 spiro atoms. The molecule has 0 saturated heterocycles. The summed E-state index contributed by atoms with van der Waals surface area (Å²) in [7, 11) is -3.77. The number of fused-ring (bicyclic) bond motifs is 1. The molecule has 2 aliphatic rings. The minimum absolute atomic E-state index is 0.0613. The molecular formula is C13H13NO6S. The van der Waals surface area contributed by atoms with E-state index >= 15 is 0 Å². The highest BCUT2D eigenvalue weighted by molar-refractivity contribution is 7.89. The van der Waals surface area contributed by atoms with Crippen LogP contribution >= 0.6 is 0 Å². The summed E-state index contributed by atoms with van der Waals surface area (Å²) in [5, 5.41) is 9.01. The van der Waals surface area contributed by atoms with Crippen molar-refractivity contribution in [2.45, 2.75) is 4.90 Å². The van der Waals surface area contributed by atoms with Gasteiger partial charge in [-0.3, -0.25) is 4.79 Å². The smallest absolute Gasteiger partial charge is 0.311 e. The molecule has 0 fully saturated rings. The maximum absolute atomic E-state index is 12.6. The zero-order valence-electron chi connectivity index (χ0n) is 10.9. The summed E-state index contributed by atoms with van der Waals surface area (Å²) in [6.07, 6.45) is 3.06. The number of nitrogens with zero attached hydrogens (tertiary/aromatic N) is 1. The molecule has 0 aromatic heterocycles. The van der Waals surface area contributed by atoms with Crippen molar-refractivity contribution in [1.29, 1.82) is 0 Å². The fourth-order valence-corrected chi connectivity index (χ4v) is 3.67. The number of rotatable bonds is 3. The first-order valence-electron chi connectivity index (χ1n) is 6.28. The van der Waals surface area contributed by atoms with Crippen LogP contribution in [0, 0.1) is 5.92 Å². The predicted octanol–water partition coefficient (Wildman–Crippen LogP) is 0.677. The van der Waals surface area contributed by atoms with Gasteiger partial charge in [-0.05, 0) is 12.1 Å². The van der Waals surface area contributed by atoms with Crippen LogP contribution in [-0.4, -0.2) is 43.7 Å². The van der Waals surface area contributed by atoms with Crippen molar-refractivity contribution in [2.24, 2.45) is 5.92 Å². The SMILES string of the molecule is O=C(O)C1C=CCN(S(=O)(=O)c2ccc3c(c2)OCO3)C1. The van der Waals surface area contributed by atoms with E-state index in [0.717, 1.165) is 4.31 Å². The van der Waals surface area contributed by atoms with Gasteiger partial charge in [0.15, 0.2) is 11.5 Å². The molecule has 0 amide bonds. The van der Waals surface area contributed by atoms with Crippen LogP contribution in [0.2, 0.25) is 0 Å². The minimum Gasteiger partial charge on any atom is -0.481 e. The molecule has 0 radical (unpaired) electrons. The summed E-state index contributed by atoms with van der Waals surface area (Å²) in [6, 6.07) is 4.35. The summed E-state index contributed by atoms with van der Waals surface area (Å²) in [4.78, 5) is 11.1. The van der Waals surface area contributed by atoms with E-state index in [4.69, 9.17) is 14.6 Å². The molecule has 1 unspecified atom stereocenters. The van der Waals surface area contributed by atoms with Crippen molar-refractivity contribution >= 4 is 16.0 Å². The Bertz CT molecular complexity index is 711. The molecule has 1 aromatic carbocycles. The molecule has 0 saturated carbocycles. The van der Waals surface area contributed by atoms with Gasteiger partial charge in [0.25, 0.3) is 0 Å². The highest BCUT2D eigenvalue weighted by Gasteiger charge is 2.31. The second kappa shape index (κ2) is 5.05. The Hall–Kier alpha value is -2.06. The molecule has 112 valence electrons. The van der Waals surface area contributed by atoms with Gasteiger partial charge in [-0.2, -0.15) is 4.31 Å².